The van der Waals surface area contributed by atoms with Gasteiger partial charge in [0.05, 0.1) is 13.7 Å². The van der Waals surface area contributed by atoms with Gasteiger partial charge < -0.3 is 14.0 Å². The van der Waals surface area contributed by atoms with Gasteiger partial charge in [-0.25, -0.2) is 0 Å². The monoisotopic (exact) mass is 337 g/mol. The predicted molar refractivity (Wildman–Crippen MR) is 81.6 cm³/mol. The average molecular weight is 338 g/mol. The van der Waals surface area contributed by atoms with E-state index >= 15 is 0 Å². The quantitative estimate of drug-likeness (QED) is 0.842. The second-order valence-corrected chi connectivity index (χ2v) is 5.25. The molecule has 0 aliphatic heterocycles. The van der Waals surface area contributed by atoms with E-state index in [2.05, 4.69) is 15.9 Å². The number of benzene rings is 1. The highest BCUT2D eigenvalue weighted by molar-refractivity contribution is 9.10. The maximum atomic E-state index is 11.9. The zero-order valence-electron chi connectivity index (χ0n) is 11.4. The Morgan fingerprint density at radius 3 is 2.65 bits per heavy atom. The molecule has 0 spiro atoms. The van der Waals surface area contributed by atoms with Crippen LogP contribution in [0, 0.1) is 6.92 Å². The Bertz CT molecular complexity index is 652. The number of pyridine rings is 1. The van der Waals surface area contributed by atoms with Crippen molar-refractivity contribution in [1.82, 2.24) is 4.57 Å². The molecule has 4 nitrogen and oxygen atoms in total. The Hall–Kier alpha value is -1.75. The van der Waals surface area contributed by atoms with E-state index in [9.17, 15) is 4.79 Å². The fourth-order valence-electron chi connectivity index (χ4n) is 1.90. The first-order valence-corrected chi connectivity index (χ1v) is 7.03. The van der Waals surface area contributed by atoms with Crippen LogP contribution in [0.5, 0.6) is 11.5 Å². The van der Waals surface area contributed by atoms with Gasteiger partial charge in [-0.3, -0.25) is 4.79 Å². The molecule has 1 heterocycles. The van der Waals surface area contributed by atoms with E-state index in [4.69, 9.17) is 9.47 Å². The fourth-order valence-corrected chi connectivity index (χ4v) is 2.49. The van der Waals surface area contributed by atoms with Crippen molar-refractivity contribution in [3.8, 4) is 11.5 Å². The van der Waals surface area contributed by atoms with Gasteiger partial charge in [-0.1, -0.05) is 12.1 Å². The standard InChI is InChI=1S/C15H16BrNO3/c1-11-9-12(16)10-17(15(11)18)7-8-20-14-6-4-3-5-13(14)19-2/h3-6,9-10H,7-8H2,1-2H3. The second kappa shape index (κ2) is 6.61. The lowest BCUT2D eigenvalue weighted by Crippen LogP contribution is -2.24. The summed E-state index contributed by atoms with van der Waals surface area (Å²) in [5, 5.41) is 0. The summed E-state index contributed by atoms with van der Waals surface area (Å²) in [6, 6.07) is 9.25. The van der Waals surface area contributed by atoms with Crippen LogP contribution in [0.3, 0.4) is 0 Å². The molecule has 0 amide bonds. The summed E-state index contributed by atoms with van der Waals surface area (Å²) in [5.74, 6) is 1.36. The van der Waals surface area contributed by atoms with Gasteiger partial charge in [0.2, 0.25) is 0 Å². The number of methoxy groups -OCH3 is 1. The van der Waals surface area contributed by atoms with Gasteiger partial charge in [0, 0.05) is 16.2 Å². The topological polar surface area (TPSA) is 40.5 Å². The maximum absolute atomic E-state index is 11.9. The lowest BCUT2D eigenvalue weighted by Gasteiger charge is -2.12. The van der Waals surface area contributed by atoms with E-state index in [0.717, 1.165) is 4.47 Å². The first-order chi connectivity index (χ1) is 9.61. The minimum absolute atomic E-state index is 0.00294. The van der Waals surface area contributed by atoms with Gasteiger partial charge in [0.15, 0.2) is 11.5 Å². The Balaban J connectivity index is 2.05. The number of aryl methyl sites for hydroxylation is 1. The normalized spacial score (nSPS) is 10.3. The van der Waals surface area contributed by atoms with Crippen LogP contribution in [-0.2, 0) is 6.54 Å². The number of hydrogen-bond donors (Lipinski definition) is 0. The molecule has 5 heteroatoms. The molecule has 1 aromatic carbocycles. The number of hydrogen-bond acceptors (Lipinski definition) is 3. The van der Waals surface area contributed by atoms with Crippen LogP contribution in [0.1, 0.15) is 5.56 Å². The van der Waals surface area contributed by atoms with Crippen LogP contribution in [0.15, 0.2) is 45.8 Å². The molecule has 2 aromatic rings. The van der Waals surface area contributed by atoms with Crippen LogP contribution >= 0.6 is 15.9 Å². The number of ether oxygens (including phenoxy) is 2. The summed E-state index contributed by atoms with van der Waals surface area (Å²) < 4.78 is 13.4. The molecule has 2 rings (SSSR count). The summed E-state index contributed by atoms with van der Waals surface area (Å²) in [5.41, 5.74) is 0.702. The number of para-hydroxylation sites is 2. The molecular weight excluding hydrogens is 322 g/mol. The van der Waals surface area contributed by atoms with E-state index < -0.39 is 0 Å². The molecule has 106 valence electrons. The molecule has 0 atom stereocenters. The van der Waals surface area contributed by atoms with Gasteiger partial charge in [-0.2, -0.15) is 0 Å². The first kappa shape index (κ1) is 14.7. The Kier molecular flexibility index (Phi) is 4.84. The van der Waals surface area contributed by atoms with Crippen molar-refractivity contribution in [1.29, 1.82) is 0 Å². The molecule has 0 saturated carbocycles. The number of nitrogens with zero attached hydrogens (tertiary/aromatic N) is 1. The van der Waals surface area contributed by atoms with E-state index in [-0.39, 0.29) is 5.56 Å². The van der Waals surface area contributed by atoms with Crippen molar-refractivity contribution in [3.05, 3.63) is 56.9 Å². The van der Waals surface area contributed by atoms with Gasteiger partial charge in [0.1, 0.15) is 6.61 Å². The van der Waals surface area contributed by atoms with Crippen molar-refractivity contribution >= 4 is 15.9 Å². The van der Waals surface area contributed by atoms with Crippen molar-refractivity contribution in [2.45, 2.75) is 13.5 Å². The van der Waals surface area contributed by atoms with E-state index in [0.29, 0.717) is 30.2 Å². The Morgan fingerprint density at radius 2 is 1.95 bits per heavy atom. The SMILES string of the molecule is COc1ccccc1OCCn1cc(Br)cc(C)c1=O. The molecule has 0 unspecified atom stereocenters. The van der Waals surface area contributed by atoms with Crippen molar-refractivity contribution < 1.29 is 9.47 Å². The largest absolute Gasteiger partial charge is 0.493 e. The van der Waals surface area contributed by atoms with Gasteiger partial charge in [-0.15, -0.1) is 0 Å². The molecule has 1 aromatic heterocycles. The highest BCUT2D eigenvalue weighted by Gasteiger charge is 2.04. The molecule has 20 heavy (non-hydrogen) atoms. The molecule has 0 radical (unpaired) electrons. The highest BCUT2D eigenvalue weighted by Crippen LogP contribution is 2.25. The lowest BCUT2D eigenvalue weighted by molar-refractivity contribution is 0.278. The molecular formula is C15H16BrNO3. The van der Waals surface area contributed by atoms with E-state index in [1.165, 1.54) is 0 Å². The van der Waals surface area contributed by atoms with E-state index in [1.807, 2.05) is 24.3 Å². The smallest absolute Gasteiger partial charge is 0.253 e. The summed E-state index contributed by atoms with van der Waals surface area (Å²) >= 11 is 3.39. The zero-order valence-corrected chi connectivity index (χ0v) is 13.0. The minimum atomic E-state index is -0.00294. The van der Waals surface area contributed by atoms with Crippen molar-refractivity contribution in [3.63, 3.8) is 0 Å². The van der Waals surface area contributed by atoms with Crippen molar-refractivity contribution in [2.75, 3.05) is 13.7 Å². The van der Waals surface area contributed by atoms with Crippen LogP contribution in [0.2, 0.25) is 0 Å². The molecule has 0 aliphatic rings. The number of halogens is 1. The van der Waals surface area contributed by atoms with Crippen LogP contribution in [0.25, 0.3) is 0 Å². The third-order valence-electron chi connectivity index (χ3n) is 2.89. The third-order valence-corrected chi connectivity index (χ3v) is 3.32. The van der Waals surface area contributed by atoms with Crippen LogP contribution in [-0.4, -0.2) is 18.3 Å². The minimum Gasteiger partial charge on any atom is -0.493 e. The summed E-state index contributed by atoms with van der Waals surface area (Å²) in [4.78, 5) is 11.9. The molecule has 0 aliphatic carbocycles. The van der Waals surface area contributed by atoms with Gasteiger partial charge >= 0.3 is 0 Å². The number of aromatic nitrogens is 1. The average Bonchev–Trinajstić information content (AvgIpc) is 2.44. The van der Waals surface area contributed by atoms with Crippen molar-refractivity contribution in [2.24, 2.45) is 0 Å². The Morgan fingerprint density at radius 1 is 1.25 bits per heavy atom. The van der Waals surface area contributed by atoms with Crippen LogP contribution in [0.4, 0.5) is 0 Å². The first-order valence-electron chi connectivity index (χ1n) is 6.24. The highest BCUT2D eigenvalue weighted by atomic mass is 79.9. The van der Waals surface area contributed by atoms with E-state index in [1.54, 1.807) is 30.9 Å². The van der Waals surface area contributed by atoms with Crippen LogP contribution < -0.4 is 15.0 Å². The molecule has 0 saturated heterocycles. The number of rotatable bonds is 5. The predicted octanol–water partition coefficient (Wildman–Crippen LogP) is 3.01. The summed E-state index contributed by atoms with van der Waals surface area (Å²) in [6.45, 7) is 2.68. The maximum Gasteiger partial charge on any atom is 0.253 e. The molecule has 0 N–H and O–H groups in total. The summed E-state index contributed by atoms with van der Waals surface area (Å²) in [7, 11) is 1.60. The third kappa shape index (κ3) is 3.42. The lowest BCUT2D eigenvalue weighted by atomic mass is 10.3. The molecule has 0 bridgehead atoms. The molecule has 0 fully saturated rings. The second-order valence-electron chi connectivity index (χ2n) is 4.34. The zero-order chi connectivity index (χ0) is 14.5. The van der Waals surface area contributed by atoms with Gasteiger partial charge in [0.25, 0.3) is 5.56 Å². The fraction of sp³-hybridized carbons (Fsp3) is 0.267. The van der Waals surface area contributed by atoms with Gasteiger partial charge in [-0.05, 0) is 41.1 Å². The summed E-state index contributed by atoms with van der Waals surface area (Å²) in [6.07, 6.45) is 1.76. The Labute approximate surface area is 126 Å².